The minimum atomic E-state index is -0.113. The van der Waals surface area contributed by atoms with Crippen molar-refractivity contribution in [1.29, 1.82) is 5.41 Å². The van der Waals surface area contributed by atoms with Crippen LogP contribution in [0.4, 0.5) is 0 Å². The first-order valence-electron chi connectivity index (χ1n) is 4.71. The number of nitrogens with two attached hydrogens (primary N) is 1. The maximum atomic E-state index is 6.92. The molecule has 0 atom stereocenters. The van der Waals surface area contributed by atoms with Crippen LogP contribution in [-0.4, -0.2) is 17.8 Å². The number of guanidine groups is 1. The topological polar surface area (TPSA) is 83.2 Å². The predicted molar refractivity (Wildman–Crippen MR) is 66.9 cm³/mol. The molecule has 0 heterocycles. The standard InChI is InChI=1S/C10H14N4OS/c11-9(12)13-7-14-10(16)15-6-8-4-2-1-3-5-8/h1-5H,6-7H2,(H,14,16)(H4,11,12,13). The molecule has 0 aliphatic carbocycles. The van der Waals surface area contributed by atoms with Gasteiger partial charge in [0.1, 0.15) is 6.61 Å². The molecule has 5 N–H and O–H groups in total. The van der Waals surface area contributed by atoms with Gasteiger partial charge in [0.2, 0.25) is 0 Å². The molecule has 1 aromatic carbocycles. The fourth-order valence-electron chi connectivity index (χ4n) is 0.986. The van der Waals surface area contributed by atoms with Crippen LogP contribution in [0.3, 0.4) is 0 Å². The molecule has 0 unspecified atom stereocenters. The van der Waals surface area contributed by atoms with Gasteiger partial charge < -0.3 is 21.1 Å². The molecule has 5 nitrogen and oxygen atoms in total. The summed E-state index contributed by atoms with van der Waals surface area (Å²) in [5, 5.41) is 12.5. The number of nitrogens with one attached hydrogen (secondary N) is 3. The van der Waals surface area contributed by atoms with Crippen molar-refractivity contribution in [3.8, 4) is 0 Å². The second-order valence-corrected chi connectivity index (χ2v) is 3.38. The fraction of sp³-hybridized carbons (Fsp3) is 0.200. The average molecular weight is 238 g/mol. The van der Waals surface area contributed by atoms with Crippen LogP contribution < -0.4 is 16.4 Å². The molecule has 0 aliphatic rings. The van der Waals surface area contributed by atoms with Crippen molar-refractivity contribution in [2.75, 3.05) is 6.67 Å². The van der Waals surface area contributed by atoms with Crippen molar-refractivity contribution in [2.45, 2.75) is 6.61 Å². The van der Waals surface area contributed by atoms with E-state index in [9.17, 15) is 0 Å². The average Bonchev–Trinajstić information content (AvgIpc) is 2.27. The van der Waals surface area contributed by atoms with Gasteiger partial charge in [0.25, 0.3) is 5.17 Å². The van der Waals surface area contributed by atoms with Gasteiger partial charge in [-0.25, -0.2) is 0 Å². The van der Waals surface area contributed by atoms with Crippen molar-refractivity contribution >= 4 is 23.4 Å². The lowest BCUT2D eigenvalue weighted by molar-refractivity contribution is 0.286. The molecule has 0 amide bonds. The smallest absolute Gasteiger partial charge is 0.258 e. The van der Waals surface area contributed by atoms with Crippen LogP contribution in [0.1, 0.15) is 5.56 Å². The normalized spacial score (nSPS) is 9.25. The van der Waals surface area contributed by atoms with E-state index in [1.807, 2.05) is 30.3 Å². The van der Waals surface area contributed by atoms with Crippen LogP contribution in [0.5, 0.6) is 0 Å². The van der Waals surface area contributed by atoms with E-state index in [2.05, 4.69) is 10.6 Å². The Morgan fingerprint density at radius 2 is 2.00 bits per heavy atom. The number of rotatable bonds is 4. The molecule has 86 valence electrons. The highest BCUT2D eigenvalue weighted by atomic mass is 32.1. The van der Waals surface area contributed by atoms with Crippen LogP contribution in [0.2, 0.25) is 0 Å². The molecule has 0 saturated carbocycles. The quantitative estimate of drug-likeness (QED) is 0.266. The van der Waals surface area contributed by atoms with Crippen LogP contribution in [-0.2, 0) is 11.3 Å². The van der Waals surface area contributed by atoms with Crippen LogP contribution in [0.25, 0.3) is 0 Å². The van der Waals surface area contributed by atoms with E-state index in [-0.39, 0.29) is 17.8 Å². The molecule has 16 heavy (non-hydrogen) atoms. The van der Waals surface area contributed by atoms with Gasteiger partial charge in [-0.1, -0.05) is 30.3 Å². The highest BCUT2D eigenvalue weighted by molar-refractivity contribution is 7.80. The number of thiocarbonyl (C=S) groups is 1. The van der Waals surface area contributed by atoms with E-state index in [0.29, 0.717) is 6.61 Å². The van der Waals surface area contributed by atoms with Crippen LogP contribution in [0, 0.1) is 5.41 Å². The molecule has 1 aromatic rings. The summed E-state index contributed by atoms with van der Waals surface area (Å²) in [6, 6.07) is 9.72. The first kappa shape index (κ1) is 12.3. The third kappa shape index (κ3) is 5.16. The summed E-state index contributed by atoms with van der Waals surface area (Å²) in [4.78, 5) is 0. The van der Waals surface area contributed by atoms with E-state index in [0.717, 1.165) is 5.56 Å². The third-order valence-electron chi connectivity index (χ3n) is 1.72. The van der Waals surface area contributed by atoms with Gasteiger partial charge in [-0.15, -0.1) is 0 Å². The Labute approximate surface area is 99.5 Å². The van der Waals surface area contributed by atoms with Crippen molar-refractivity contribution in [1.82, 2.24) is 10.6 Å². The molecular weight excluding hydrogens is 224 g/mol. The summed E-state index contributed by atoms with van der Waals surface area (Å²) >= 11 is 4.92. The zero-order valence-corrected chi connectivity index (χ0v) is 9.51. The lowest BCUT2D eigenvalue weighted by Crippen LogP contribution is -2.40. The van der Waals surface area contributed by atoms with Gasteiger partial charge in [0.15, 0.2) is 5.96 Å². The van der Waals surface area contributed by atoms with E-state index >= 15 is 0 Å². The molecule has 0 aliphatic heterocycles. The number of ether oxygens (including phenoxy) is 1. The highest BCUT2D eigenvalue weighted by Crippen LogP contribution is 2.00. The number of benzene rings is 1. The molecule has 0 fully saturated rings. The summed E-state index contributed by atoms with van der Waals surface area (Å²) in [6.45, 7) is 0.704. The lowest BCUT2D eigenvalue weighted by Gasteiger charge is -2.10. The molecule has 0 bridgehead atoms. The molecule has 0 saturated heterocycles. The Morgan fingerprint density at radius 1 is 1.31 bits per heavy atom. The van der Waals surface area contributed by atoms with Gasteiger partial charge in [-0.3, -0.25) is 5.41 Å². The second-order valence-electron chi connectivity index (χ2n) is 3.01. The van der Waals surface area contributed by atoms with Crippen LogP contribution >= 0.6 is 12.2 Å². The monoisotopic (exact) mass is 238 g/mol. The van der Waals surface area contributed by atoms with Gasteiger partial charge in [-0.05, 0) is 17.8 Å². The Hall–Kier alpha value is -1.82. The first-order valence-corrected chi connectivity index (χ1v) is 5.12. The maximum Gasteiger partial charge on any atom is 0.258 e. The zero-order chi connectivity index (χ0) is 11.8. The fourth-order valence-corrected chi connectivity index (χ4v) is 1.12. The van der Waals surface area contributed by atoms with Crippen molar-refractivity contribution in [3.63, 3.8) is 0 Å². The Morgan fingerprint density at radius 3 is 2.62 bits per heavy atom. The molecule has 6 heteroatoms. The van der Waals surface area contributed by atoms with E-state index in [4.69, 9.17) is 28.1 Å². The van der Waals surface area contributed by atoms with Gasteiger partial charge in [0.05, 0.1) is 6.67 Å². The summed E-state index contributed by atoms with van der Waals surface area (Å²) in [5.41, 5.74) is 6.14. The van der Waals surface area contributed by atoms with Gasteiger partial charge in [0, 0.05) is 0 Å². The second kappa shape index (κ2) is 6.62. The van der Waals surface area contributed by atoms with Crippen molar-refractivity contribution in [2.24, 2.45) is 5.73 Å². The van der Waals surface area contributed by atoms with E-state index < -0.39 is 0 Å². The summed E-state index contributed by atoms with van der Waals surface area (Å²) in [6.07, 6.45) is 0. The molecular formula is C10H14N4OS. The molecule has 1 rings (SSSR count). The Bertz CT molecular complexity index is 355. The first-order chi connectivity index (χ1) is 7.68. The van der Waals surface area contributed by atoms with Gasteiger partial charge >= 0.3 is 0 Å². The summed E-state index contributed by atoms with van der Waals surface area (Å²) in [5.74, 6) is -0.113. The number of hydrogen-bond acceptors (Lipinski definition) is 3. The third-order valence-corrected chi connectivity index (χ3v) is 1.99. The molecule has 0 aromatic heterocycles. The van der Waals surface area contributed by atoms with E-state index in [1.165, 1.54) is 0 Å². The highest BCUT2D eigenvalue weighted by Gasteiger charge is 1.97. The largest absolute Gasteiger partial charge is 0.466 e. The molecule has 0 spiro atoms. The molecule has 0 radical (unpaired) electrons. The predicted octanol–water partition coefficient (Wildman–Crippen LogP) is 0.518. The SMILES string of the molecule is N=C(N)NCNC(=S)OCc1ccccc1. The zero-order valence-electron chi connectivity index (χ0n) is 8.69. The number of hydrogen-bond donors (Lipinski definition) is 4. The summed E-state index contributed by atoms with van der Waals surface area (Å²) in [7, 11) is 0. The van der Waals surface area contributed by atoms with Crippen molar-refractivity contribution < 1.29 is 4.74 Å². The van der Waals surface area contributed by atoms with Gasteiger partial charge in [-0.2, -0.15) is 0 Å². The minimum Gasteiger partial charge on any atom is -0.466 e. The lowest BCUT2D eigenvalue weighted by atomic mass is 10.2. The van der Waals surface area contributed by atoms with Crippen molar-refractivity contribution in [3.05, 3.63) is 35.9 Å². The minimum absolute atomic E-state index is 0.113. The van der Waals surface area contributed by atoms with E-state index in [1.54, 1.807) is 0 Å². The van der Waals surface area contributed by atoms with Crippen LogP contribution in [0.15, 0.2) is 30.3 Å². The Balaban J connectivity index is 2.18. The Kier molecular flexibility index (Phi) is 5.07. The summed E-state index contributed by atoms with van der Waals surface area (Å²) < 4.78 is 5.28. The maximum absolute atomic E-state index is 6.92.